The van der Waals surface area contributed by atoms with E-state index in [1.54, 1.807) is 10.6 Å². The molecule has 4 aromatic rings. The lowest BCUT2D eigenvalue weighted by Crippen LogP contribution is -2.29. The summed E-state index contributed by atoms with van der Waals surface area (Å²) >= 11 is 6.83. The predicted octanol–water partition coefficient (Wildman–Crippen LogP) is 2.46. The number of aromatic nitrogens is 2. The zero-order chi connectivity index (χ0) is 21.6. The normalized spacial score (nSPS) is 12.1. The molecule has 0 fully saturated rings. The zero-order valence-electron chi connectivity index (χ0n) is 16.0. The smallest absolute Gasteiger partial charge is 0.202 e. The maximum absolute atomic E-state index is 13.5. The highest BCUT2D eigenvalue weighted by molar-refractivity contribution is 9.11. The van der Waals surface area contributed by atoms with Crippen LogP contribution in [0.1, 0.15) is 5.69 Å². The van der Waals surface area contributed by atoms with Gasteiger partial charge in [-0.1, -0.05) is 0 Å². The molecule has 3 N–H and O–H groups in total. The Hall–Kier alpha value is -1.98. The Kier molecular flexibility index (Phi) is 5.86. The van der Waals surface area contributed by atoms with Crippen LogP contribution < -0.4 is 10.2 Å². The third kappa shape index (κ3) is 3.23. The minimum absolute atomic E-state index is 0.0528. The van der Waals surface area contributed by atoms with Crippen molar-refractivity contribution < 1.29 is 20.1 Å². The lowest BCUT2D eigenvalue weighted by molar-refractivity contribution is 0.155. The third-order valence-electron chi connectivity index (χ3n) is 5.13. The highest BCUT2D eigenvalue weighted by Crippen LogP contribution is 2.40. The van der Waals surface area contributed by atoms with Crippen LogP contribution in [0.3, 0.4) is 0 Å². The van der Waals surface area contributed by atoms with Crippen molar-refractivity contribution in [2.45, 2.75) is 6.54 Å². The van der Waals surface area contributed by atoms with Gasteiger partial charge in [-0.15, -0.1) is 0 Å². The van der Waals surface area contributed by atoms with Gasteiger partial charge < -0.3 is 20.1 Å². The number of hydrogen-bond donors (Lipinski definition) is 3. The first-order valence-electron chi connectivity index (χ1n) is 9.21. The molecule has 2 aromatic heterocycles. The fraction of sp³-hybridized carbons (Fsp3) is 0.300. The number of halogens is 2. The maximum atomic E-state index is 13.5. The van der Waals surface area contributed by atoms with Gasteiger partial charge in [-0.3, -0.25) is 9.69 Å². The molecular formula is C20H19Br2N3O5. The number of ether oxygens (including phenoxy) is 1. The highest BCUT2D eigenvalue weighted by atomic mass is 79.9. The minimum atomic E-state index is -0.280. The van der Waals surface area contributed by atoms with Crippen LogP contribution in [0.4, 0.5) is 0 Å². The summed E-state index contributed by atoms with van der Waals surface area (Å²) in [5.41, 5.74) is 1.24. The van der Waals surface area contributed by atoms with E-state index in [0.717, 1.165) is 5.39 Å². The summed E-state index contributed by atoms with van der Waals surface area (Å²) in [6.07, 6.45) is 0. The van der Waals surface area contributed by atoms with Crippen LogP contribution in [0.25, 0.3) is 27.2 Å². The van der Waals surface area contributed by atoms with E-state index in [1.807, 2.05) is 11.0 Å². The van der Waals surface area contributed by atoms with Crippen molar-refractivity contribution in [1.29, 1.82) is 0 Å². The van der Waals surface area contributed by atoms with Gasteiger partial charge in [0, 0.05) is 35.6 Å². The molecule has 10 heteroatoms. The number of pyridine rings is 1. The average Bonchev–Trinajstić information content (AvgIpc) is 3.05. The molecule has 0 aliphatic heterocycles. The number of aromatic hydroxyl groups is 1. The standard InChI is InChI=1S/C20H19Br2N3O5/c1-30-20-12(22)8-14(28)18-16(20)19(29)15-11(21)3-2-10-13(23-25(18)17(10)15)9-24(4-6-26)5-7-27/h2-3,8,26-28H,4-7,9H2,1H3. The van der Waals surface area contributed by atoms with Crippen molar-refractivity contribution in [1.82, 2.24) is 14.5 Å². The third-order valence-corrected chi connectivity index (χ3v) is 6.38. The first-order chi connectivity index (χ1) is 14.4. The zero-order valence-corrected chi connectivity index (χ0v) is 19.2. The number of hydrogen-bond acceptors (Lipinski definition) is 7. The molecule has 30 heavy (non-hydrogen) atoms. The second kappa shape index (κ2) is 8.27. The molecule has 0 saturated carbocycles. The first kappa shape index (κ1) is 21.3. The average molecular weight is 541 g/mol. The maximum Gasteiger partial charge on any atom is 0.202 e. The fourth-order valence-electron chi connectivity index (χ4n) is 3.86. The summed E-state index contributed by atoms with van der Waals surface area (Å²) in [5, 5.41) is 35.5. The van der Waals surface area contributed by atoms with Crippen molar-refractivity contribution in [3.05, 3.63) is 43.1 Å². The van der Waals surface area contributed by atoms with E-state index in [-0.39, 0.29) is 35.3 Å². The number of benzene rings is 2. The number of fused-ring (bicyclic) bond motifs is 2. The van der Waals surface area contributed by atoms with E-state index in [4.69, 9.17) is 9.84 Å². The molecule has 0 amide bonds. The summed E-state index contributed by atoms with van der Waals surface area (Å²) in [6, 6.07) is 5.14. The summed E-state index contributed by atoms with van der Waals surface area (Å²) in [4.78, 5) is 15.3. The molecule has 0 atom stereocenters. The molecule has 0 aliphatic carbocycles. The molecule has 0 spiro atoms. The summed E-state index contributed by atoms with van der Waals surface area (Å²) in [6.45, 7) is 1.01. The van der Waals surface area contributed by atoms with Crippen LogP contribution in [-0.4, -0.2) is 63.2 Å². The predicted molar refractivity (Wildman–Crippen MR) is 121 cm³/mol. The van der Waals surface area contributed by atoms with Crippen molar-refractivity contribution in [3.63, 3.8) is 0 Å². The second-order valence-corrected chi connectivity index (χ2v) is 8.57. The van der Waals surface area contributed by atoms with E-state index in [2.05, 4.69) is 31.9 Å². The van der Waals surface area contributed by atoms with Crippen molar-refractivity contribution in [2.75, 3.05) is 33.4 Å². The van der Waals surface area contributed by atoms with Gasteiger partial charge in [0.15, 0.2) is 0 Å². The number of methoxy groups -OCH3 is 1. The summed E-state index contributed by atoms with van der Waals surface area (Å²) in [5.74, 6) is 0.219. The molecule has 8 nitrogen and oxygen atoms in total. The number of aliphatic hydroxyl groups excluding tert-OH is 2. The molecule has 4 rings (SSSR count). The summed E-state index contributed by atoms with van der Waals surface area (Å²) in [7, 11) is 1.46. The summed E-state index contributed by atoms with van der Waals surface area (Å²) < 4.78 is 8.10. The van der Waals surface area contributed by atoms with Gasteiger partial charge in [0.05, 0.1) is 46.8 Å². The number of phenolic OH excluding ortho intramolecular Hbond substituents is 1. The SMILES string of the molecule is COc1c(Br)cc(O)c2c1c(=O)c1c(Br)ccc3c(CN(CCO)CCO)nn2c31. The van der Waals surface area contributed by atoms with E-state index in [1.165, 1.54) is 13.2 Å². The van der Waals surface area contributed by atoms with E-state index in [9.17, 15) is 20.1 Å². The first-order valence-corrected chi connectivity index (χ1v) is 10.8. The highest BCUT2D eigenvalue weighted by Gasteiger charge is 2.25. The molecule has 158 valence electrons. The van der Waals surface area contributed by atoms with Gasteiger partial charge in [0.25, 0.3) is 0 Å². The van der Waals surface area contributed by atoms with Crippen LogP contribution in [0.15, 0.2) is 31.9 Å². The molecule has 0 radical (unpaired) electrons. The van der Waals surface area contributed by atoms with Crippen molar-refractivity contribution in [2.24, 2.45) is 0 Å². The second-order valence-electron chi connectivity index (χ2n) is 6.86. The van der Waals surface area contributed by atoms with Gasteiger partial charge >= 0.3 is 0 Å². The van der Waals surface area contributed by atoms with Crippen molar-refractivity contribution >= 4 is 59.1 Å². The number of rotatable bonds is 7. The number of phenols is 1. The Bertz CT molecular complexity index is 1300. The fourth-order valence-corrected chi connectivity index (χ4v) is 4.94. The molecule has 0 saturated heterocycles. The lowest BCUT2D eigenvalue weighted by atomic mass is 10.1. The van der Waals surface area contributed by atoms with Crippen LogP contribution in [0.2, 0.25) is 0 Å². The molecule has 2 aromatic carbocycles. The molecule has 2 heterocycles. The van der Waals surface area contributed by atoms with Crippen LogP contribution >= 0.6 is 31.9 Å². The van der Waals surface area contributed by atoms with E-state index < -0.39 is 0 Å². The van der Waals surface area contributed by atoms with E-state index in [0.29, 0.717) is 50.9 Å². The quantitative estimate of drug-likeness (QED) is 0.309. The van der Waals surface area contributed by atoms with Crippen LogP contribution in [0, 0.1) is 0 Å². The Morgan fingerprint density at radius 2 is 1.80 bits per heavy atom. The Balaban J connectivity index is 2.12. The topological polar surface area (TPSA) is 108 Å². The lowest BCUT2D eigenvalue weighted by Gasteiger charge is -2.18. The molecular weight excluding hydrogens is 522 g/mol. The van der Waals surface area contributed by atoms with Crippen LogP contribution in [-0.2, 0) is 6.54 Å². The van der Waals surface area contributed by atoms with E-state index >= 15 is 0 Å². The number of nitrogens with zero attached hydrogens (tertiary/aromatic N) is 3. The minimum Gasteiger partial charge on any atom is -0.506 e. The molecule has 0 unspecified atom stereocenters. The Morgan fingerprint density at radius 3 is 2.43 bits per heavy atom. The van der Waals surface area contributed by atoms with Gasteiger partial charge in [0.2, 0.25) is 5.43 Å². The Labute approximate surface area is 187 Å². The van der Waals surface area contributed by atoms with Gasteiger partial charge in [-0.05, 0) is 44.0 Å². The molecule has 0 aliphatic rings. The van der Waals surface area contributed by atoms with Gasteiger partial charge in [-0.2, -0.15) is 5.10 Å². The largest absolute Gasteiger partial charge is 0.506 e. The van der Waals surface area contributed by atoms with Gasteiger partial charge in [0.1, 0.15) is 17.0 Å². The van der Waals surface area contributed by atoms with Crippen LogP contribution in [0.5, 0.6) is 11.5 Å². The van der Waals surface area contributed by atoms with Gasteiger partial charge in [-0.25, -0.2) is 4.52 Å². The number of aliphatic hydroxyl groups is 2. The monoisotopic (exact) mass is 539 g/mol. The van der Waals surface area contributed by atoms with Crippen molar-refractivity contribution in [3.8, 4) is 11.5 Å². The molecule has 0 bridgehead atoms. The Morgan fingerprint density at radius 1 is 1.10 bits per heavy atom.